The van der Waals surface area contributed by atoms with Gasteiger partial charge >= 0.3 is 6.18 Å². The van der Waals surface area contributed by atoms with Crippen molar-refractivity contribution in [3.05, 3.63) is 64.7 Å². The lowest BCUT2D eigenvalue weighted by Crippen LogP contribution is -2.23. The molecule has 0 saturated carbocycles. The average Bonchev–Trinajstić information content (AvgIpc) is 3.01. The molecule has 0 bridgehead atoms. The van der Waals surface area contributed by atoms with Crippen LogP contribution >= 0.6 is 0 Å². The highest BCUT2D eigenvalue weighted by atomic mass is 19.4. The first-order chi connectivity index (χ1) is 10.9. The fourth-order valence-electron chi connectivity index (χ4n) is 2.44. The van der Waals surface area contributed by atoms with Crippen LogP contribution in [0, 0.1) is 0 Å². The van der Waals surface area contributed by atoms with Gasteiger partial charge in [0.15, 0.2) is 0 Å². The van der Waals surface area contributed by atoms with E-state index in [9.17, 15) is 18.0 Å². The molecule has 4 nitrogen and oxygen atoms in total. The Kier molecular flexibility index (Phi) is 3.96. The Labute approximate surface area is 130 Å². The van der Waals surface area contributed by atoms with Crippen molar-refractivity contribution in [3.8, 4) is 0 Å². The summed E-state index contributed by atoms with van der Waals surface area (Å²) in [6.45, 7) is 0.966. The van der Waals surface area contributed by atoms with Gasteiger partial charge in [-0.2, -0.15) is 13.2 Å². The van der Waals surface area contributed by atoms with E-state index in [2.05, 4.69) is 16.2 Å². The largest absolute Gasteiger partial charge is 0.416 e. The van der Waals surface area contributed by atoms with E-state index in [-0.39, 0.29) is 5.56 Å². The van der Waals surface area contributed by atoms with Crippen molar-refractivity contribution in [3.63, 3.8) is 0 Å². The molecule has 0 spiro atoms. The molecule has 0 fully saturated rings. The number of halogens is 3. The van der Waals surface area contributed by atoms with Gasteiger partial charge in [0.1, 0.15) is 0 Å². The number of rotatable bonds is 3. The lowest BCUT2D eigenvalue weighted by atomic mass is 10.1. The van der Waals surface area contributed by atoms with Crippen molar-refractivity contribution < 1.29 is 18.0 Å². The number of hydrogen-bond donors (Lipinski definition) is 3. The number of fused-ring (bicyclic) bond motifs is 1. The number of anilines is 1. The Morgan fingerprint density at radius 1 is 1.13 bits per heavy atom. The summed E-state index contributed by atoms with van der Waals surface area (Å²) in [4.78, 5) is 12.1. The van der Waals surface area contributed by atoms with E-state index in [4.69, 9.17) is 0 Å². The Hall–Kier alpha value is -2.54. The summed E-state index contributed by atoms with van der Waals surface area (Å²) in [6, 6.07) is 9.87. The average molecular weight is 321 g/mol. The minimum absolute atomic E-state index is 0.196. The third-order valence-corrected chi connectivity index (χ3v) is 3.68. The zero-order valence-electron chi connectivity index (χ0n) is 12.0. The predicted octanol–water partition coefficient (Wildman–Crippen LogP) is 3.07. The zero-order valence-corrected chi connectivity index (χ0v) is 12.0. The highest BCUT2D eigenvalue weighted by molar-refractivity contribution is 5.94. The van der Waals surface area contributed by atoms with E-state index in [1.807, 2.05) is 18.2 Å². The summed E-state index contributed by atoms with van der Waals surface area (Å²) < 4.78 is 37.5. The van der Waals surface area contributed by atoms with Crippen molar-refractivity contribution in [1.82, 2.24) is 10.7 Å². The summed E-state index contributed by atoms with van der Waals surface area (Å²) in [5.41, 5.74) is 8.43. The van der Waals surface area contributed by atoms with Gasteiger partial charge in [-0.25, -0.2) is 5.43 Å². The Morgan fingerprint density at radius 2 is 1.87 bits per heavy atom. The van der Waals surface area contributed by atoms with Gasteiger partial charge in [-0.05, 0) is 41.5 Å². The molecule has 0 aliphatic carbocycles. The van der Waals surface area contributed by atoms with E-state index in [1.54, 1.807) is 0 Å². The quantitative estimate of drug-likeness (QED) is 0.814. The molecule has 3 rings (SSSR count). The number of hydrazine groups is 1. The van der Waals surface area contributed by atoms with E-state index < -0.39 is 17.6 Å². The van der Waals surface area contributed by atoms with Crippen molar-refractivity contribution in [1.29, 1.82) is 0 Å². The number of amides is 1. The van der Waals surface area contributed by atoms with Crippen LogP contribution in [-0.4, -0.2) is 5.91 Å². The minimum atomic E-state index is -4.40. The molecule has 2 aromatic rings. The van der Waals surface area contributed by atoms with Crippen LogP contribution in [0.4, 0.5) is 18.9 Å². The molecule has 23 heavy (non-hydrogen) atoms. The SMILES string of the molecule is O=C(NCc1cccc2c1CNN2)c1ccc(C(F)(F)F)cc1. The molecule has 7 heteroatoms. The van der Waals surface area contributed by atoms with Crippen LogP contribution in [0.15, 0.2) is 42.5 Å². The lowest BCUT2D eigenvalue weighted by Gasteiger charge is -2.10. The van der Waals surface area contributed by atoms with E-state index in [0.717, 1.165) is 28.9 Å². The van der Waals surface area contributed by atoms with Crippen molar-refractivity contribution >= 4 is 11.6 Å². The number of nitrogens with one attached hydrogen (secondary N) is 3. The van der Waals surface area contributed by atoms with Crippen LogP contribution in [0.2, 0.25) is 0 Å². The molecular formula is C16H14F3N3O. The van der Waals surface area contributed by atoms with Crippen LogP contribution in [0.1, 0.15) is 27.0 Å². The maximum atomic E-state index is 12.5. The molecule has 0 radical (unpaired) electrons. The van der Waals surface area contributed by atoms with Gasteiger partial charge in [-0.3, -0.25) is 4.79 Å². The zero-order chi connectivity index (χ0) is 16.4. The highest BCUT2D eigenvalue weighted by Gasteiger charge is 2.30. The van der Waals surface area contributed by atoms with Crippen LogP contribution in [-0.2, 0) is 19.3 Å². The van der Waals surface area contributed by atoms with Gasteiger partial charge in [-0.1, -0.05) is 12.1 Å². The van der Waals surface area contributed by atoms with Gasteiger partial charge in [0.05, 0.1) is 11.3 Å². The first-order valence-corrected chi connectivity index (χ1v) is 7.00. The van der Waals surface area contributed by atoms with Crippen LogP contribution in [0.25, 0.3) is 0 Å². The molecule has 0 aromatic heterocycles. The number of alkyl halides is 3. The normalized spacial score (nSPS) is 13.3. The molecule has 1 aliphatic rings. The van der Waals surface area contributed by atoms with Crippen LogP contribution < -0.4 is 16.2 Å². The van der Waals surface area contributed by atoms with Crippen molar-refractivity contribution in [2.75, 3.05) is 5.43 Å². The van der Waals surface area contributed by atoms with E-state index in [0.29, 0.717) is 13.1 Å². The highest BCUT2D eigenvalue weighted by Crippen LogP contribution is 2.29. The number of benzene rings is 2. The smallest absolute Gasteiger partial charge is 0.348 e. The summed E-state index contributed by atoms with van der Waals surface area (Å²) in [5, 5.41) is 2.73. The van der Waals surface area contributed by atoms with Gasteiger partial charge in [0.2, 0.25) is 0 Å². The second-order valence-corrected chi connectivity index (χ2v) is 5.18. The number of hydrogen-bond acceptors (Lipinski definition) is 3. The molecule has 1 amide bonds. The molecule has 0 saturated heterocycles. The van der Waals surface area contributed by atoms with Crippen LogP contribution in [0.5, 0.6) is 0 Å². The third-order valence-electron chi connectivity index (χ3n) is 3.68. The lowest BCUT2D eigenvalue weighted by molar-refractivity contribution is -0.137. The first kappa shape index (κ1) is 15.4. The third kappa shape index (κ3) is 3.29. The molecule has 0 unspecified atom stereocenters. The maximum absolute atomic E-state index is 12.5. The summed E-state index contributed by atoms with van der Waals surface area (Å²) in [6.07, 6.45) is -4.40. The first-order valence-electron chi connectivity index (χ1n) is 7.00. The summed E-state index contributed by atoms with van der Waals surface area (Å²) in [5.74, 6) is -0.407. The number of carbonyl (C=O) groups is 1. The molecule has 0 atom stereocenters. The van der Waals surface area contributed by atoms with Crippen molar-refractivity contribution in [2.24, 2.45) is 0 Å². The topological polar surface area (TPSA) is 53.2 Å². The predicted molar refractivity (Wildman–Crippen MR) is 79.5 cm³/mol. The minimum Gasteiger partial charge on any atom is -0.348 e. The van der Waals surface area contributed by atoms with Gasteiger partial charge in [0.25, 0.3) is 5.91 Å². The molecule has 1 heterocycles. The van der Waals surface area contributed by atoms with Gasteiger partial charge < -0.3 is 10.7 Å². The van der Waals surface area contributed by atoms with Gasteiger partial charge in [0, 0.05) is 18.7 Å². The van der Waals surface area contributed by atoms with Crippen molar-refractivity contribution in [2.45, 2.75) is 19.3 Å². The fourth-order valence-corrected chi connectivity index (χ4v) is 2.44. The standard InChI is InChI=1S/C16H14F3N3O/c17-16(18,19)12-6-4-10(5-7-12)15(23)20-8-11-2-1-3-14-13(11)9-21-22-14/h1-7,21-22H,8-9H2,(H,20,23). The Bertz CT molecular complexity index is 726. The molecule has 3 N–H and O–H groups in total. The maximum Gasteiger partial charge on any atom is 0.416 e. The second kappa shape index (κ2) is 5.92. The Morgan fingerprint density at radius 3 is 2.57 bits per heavy atom. The summed E-state index contributed by atoms with van der Waals surface area (Å²) >= 11 is 0. The van der Waals surface area contributed by atoms with E-state index in [1.165, 1.54) is 12.1 Å². The molecule has 1 aliphatic heterocycles. The second-order valence-electron chi connectivity index (χ2n) is 5.18. The monoisotopic (exact) mass is 321 g/mol. The molecule has 2 aromatic carbocycles. The fraction of sp³-hybridized carbons (Fsp3) is 0.188. The molecular weight excluding hydrogens is 307 g/mol. The van der Waals surface area contributed by atoms with Gasteiger partial charge in [-0.15, -0.1) is 0 Å². The Balaban J connectivity index is 1.67. The number of carbonyl (C=O) groups excluding carboxylic acids is 1. The summed E-state index contributed by atoms with van der Waals surface area (Å²) in [7, 11) is 0. The molecule has 120 valence electrons. The van der Waals surface area contributed by atoms with Crippen LogP contribution in [0.3, 0.4) is 0 Å². The van der Waals surface area contributed by atoms with E-state index >= 15 is 0 Å².